The van der Waals surface area contributed by atoms with Crippen molar-refractivity contribution in [1.82, 2.24) is 14.8 Å². The van der Waals surface area contributed by atoms with Crippen LogP contribution in [0.2, 0.25) is 0 Å². The van der Waals surface area contributed by atoms with Gasteiger partial charge in [-0.25, -0.2) is 9.18 Å². The Kier molecular flexibility index (Phi) is 4.34. The molecule has 2 aliphatic rings. The molecule has 2 heterocycles. The number of hydrogen-bond donors (Lipinski definition) is 0. The fourth-order valence-electron chi connectivity index (χ4n) is 4.28. The maximum Gasteiger partial charge on any atom is 0.414 e. The predicted molar refractivity (Wildman–Crippen MR) is 111 cm³/mol. The molecule has 1 aliphatic carbocycles. The minimum atomic E-state index is -0.327. The number of cyclic esters (lactones) is 1. The molecule has 154 valence electrons. The lowest BCUT2D eigenvalue weighted by Crippen LogP contribution is -2.23. The molecule has 5 rings (SSSR count). The topological polar surface area (TPSA) is 60.2 Å². The summed E-state index contributed by atoms with van der Waals surface area (Å²) in [6, 6.07) is 14.6. The van der Waals surface area contributed by atoms with E-state index < -0.39 is 0 Å². The number of carbonyl (C=O) groups excluding carboxylic acids is 1. The quantitative estimate of drug-likeness (QED) is 0.616. The van der Waals surface area contributed by atoms with Gasteiger partial charge in [0.1, 0.15) is 18.2 Å². The summed E-state index contributed by atoms with van der Waals surface area (Å²) in [7, 11) is 0. The summed E-state index contributed by atoms with van der Waals surface area (Å²) >= 11 is 0. The standard InChI is InChI=1S/C23H23FN4O2/c1-15(2)28-20(16-4-3-5-19(14-16)27-12-13-30-22(27)29)25-26-21(28)23(10-11-23)17-6-8-18(24)9-7-17/h3-9,14-15H,10-13H2,1-2H3. The molecule has 1 saturated carbocycles. The average molecular weight is 406 g/mol. The normalized spacial score (nSPS) is 17.5. The van der Waals surface area contributed by atoms with Gasteiger partial charge in [-0.2, -0.15) is 0 Å². The highest BCUT2D eigenvalue weighted by Gasteiger charge is 2.50. The molecule has 1 aromatic heterocycles. The van der Waals surface area contributed by atoms with Gasteiger partial charge >= 0.3 is 6.09 Å². The number of aromatic nitrogens is 3. The van der Waals surface area contributed by atoms with Crippen molar-refractivity contribution in [3.05, 3.63) is 65.7 Å². The molecule has 0 N–H and O–H groups in total. The van der Waals surface area contributed by atoms with Crippen LogP contribution < -0.4 is 4.90 Å². The number of rotatable bonds is 5. The number of benzene rings is 2. The van der Waals surface area contributed by atoms with Crippen molar-refractivity contribution >= 4 is 11.8 Å². The minimum Gasteiger partial charge on any atom is -0.447 e. The van der Waals surface area contributed by atoms with Crippen molar-refractivity contribution in [2.75, 3.05) is 18.1 Å². The van der Waals surface area contributed by atoms with Crippen molar-refractivity contribution in [3.8, 4) is 11.4 Å². The van der Waals surface area contributed by atoms with E-state index in [1.165, 1.54) is 12.1 Å². The molecule has 0 spiro atoms. The van der Waals surface area contributed by atoms with Crippen LogP contribution in [-0.4, -0.2) is 34.0 Å². The second kappa shape index (κ2) is 6.93. The van der Waals surface area contributed by atoms with Crippen molar-refractivity contribution in [3.63, 3.8) is 0 Å². The van der Waals surface area contributed by atoms with Gasteiger partial charge in [0.05, 0.1) is 12.0 Å². The summed E-state index contributed by atoms with van der Waals surface area (Å²) in [6.45, 7) is 5.16. The summed E-state index contributed by atoms with van der Waals surface area (Å²) < 4.78 is 20.7. The van der Waals surface area contributed by atoms with Crippen LogP contribution in [0.4, 0.5) is 14.9 Å². The molecule has 1 saturated heterocycles. The van der Waals surface area contributed by atoms with Crippen LogP contribution in [0, 0.1) is 5.82 Å². The molecule has 2 aromatic carbocycles. The van der Waals surface area contributed by atoms with Gasteiger partial charge in [0.25, 0.3) is 0 Å². The molecular formula is C23H23FN4O2. The minimum absolute atomic E-state index is 0.142. The van der Waals surface area contributed by atoms with Crippen LogP contribution in [0.3, 0.4) is 0 Å². The fourth-order valence-corrected chi connectivity index (χ4v) is 4.28. The first-order valence-electron chi connectivity index (χ1n) is 10.3. The van der Waals surface area contributed by atoms with E-state index in [0.29, 0.717) is 13.2 Å². The second-order valence-corrected chi connectivity index (χ2v) is 8.22. The molecule has 3 aromatic rings. The third kappa shape index (κ3) is 2.96. The molecular weight excluding hydrogens is 383 g/mol. The first kappa shape index (κ1) is 18.8. The third-order valence-corrected chi connectivity index (χ3v) is 5.96. The Morgan fingerprint density at radius 3 is 2.50 bits per heavy atom. The molecule has 0 bridgehead atoms. The van der Waals surface area contributed by atoms with Crippen LogP contribution in [0.25, 0.3) is 11.4 Å². The highest BCUT2D eigenvalue weighted by molar-refractivity contribution is 5.90. The van der Waals surface area contributed by atoms with E-state index in [2.05, 4.69) is 28.6 Å². The van der Waals surface area contributed by atoms with Crippen molar-refractivity contribution in [2.45, 2.75) is 38.1 Å². The summed E-state index contributed by atoms with van der Waals surface area (Å²) in [5.74, 6) is 1.44. The Morgan fingerprint density at radius 2 is 1.87 bits per heavy atom. The van der Waals surface area contributed by atoms with Gasteiger partial charge in [-0.05, 0) is 56.5 Å². The van der Waals surface area contributed by atoms with E-state index in [1.807, 2.05) is 36.4 Å². The van der Waals surface area contributed by atoms with Gasteiger partial charge in [-0.3, -0.25) is 4.90 Å². The van der Waals surface area contributed by atoms with Crippen LogP contribution in [0.1, 0.15) is 44.1 Å². The van der Waals surface area contributed by atoms with Gasteiger partial charge < -0.3 is 9.30 Å². The van der Waals surface area contributed by atoms with E-state index in [1.54, 1.807) is 4.90 Å². The molecule has 2 fully saturated rings. The molecule has 6 nitrogen and oxygen atoms in total. The van der Waals surface area contributed by atoms with Gasteiger partial charge in [0.2, 0.25) is 0 Å². The van der Waals surface area contributed by atoms with Gasteiger partial charge in [0.15, 0.2) is 5.82 Å². The van der Waals surface area contributed by atoms with Crippen molar-refractivity contribution in [1.29, 1.82) is 0 Å². The molecule has 1 aliphatic heterocycles. The summed E-state index contributed by atoms with van der Waals surface area (Å²) in [4.78, 5) is 13.6. The zero-order chi connectivity index (χ0) is 20.9. The van der Waals surface area contributed by atoms with E-state index in [4.69, 9.17) is 4.74 Å². The summed E-state index contributed by atoms with van der Waals surface area (Å²) in [6.07, 6.45) is 1.60. The highest BCUT2D eigenvalue weighted by atomic mass is 19.1. The number of carbonyl (C=O) groups is 1. The van der Waals surface area contributed by atoms with Crippen molar-refractivity contribution < 1.29 is 13.9 Å². The third-order valence-electron chi connectivity index (χ3n) is 5.96. The molecule has 30 heavy (non-hydrogen) atoms. The van der Waals surface area contributed by atoms with E-state index in [9.17, 15) is 9.18 Å². The van der Waals surface area contributed by atoms with E-state index in [0.717, 1.165) is 41.3 Å². The molecule has 0 unspecified atom stereocenters. The highest BCUT2D eigenvalue weighted by Crippen LogP contribution is 2.53. The number of hydrogen-bond acceptors (Lipinski definition) is 4. The average Bonchev–Trinajstić information content (AvgIpc) is 3.22. The van der Waals surface area contributed by atoms with Crippen LogP contribution >= 0.6 is 0 Å². The predicted octanol–water partition coefficient (Wildman–Crippen LogP) is 4.70. The second-order valence-electron chi connectivity index (χ2n) is 8.22. The van der Waals surface area contributed by atoms with Gasteiger partial charge in [-0.15, -0.1) is 10.2 Å². The van der Waals surface area contributed by atoms with Crippen LogP contribution in [0.15, 0.2) is 48.5 Å². The van der Waals surface area contributed by atoms with E-state index >= 15 is 0 Å². The Morgan fingerprint density at radius 1 is 1.10 bits per heavy atom. The smallest absolute Gasteiger partial charge is 0.414 e. The molecule has 0 atom stereocenters. The van der Waals surface area contributed by atoms with Gasteiger partial charge in [0, 0.05) is 17.3 Å². The Labute approximate surface area is 174 Å². The van der Waals surface area contributed by atoms with Gasteiger partial charge in [-0.1, -0.05) is 24.3 Å². The zero-order valence-corrected chi connectivity index (χ0v) is 17.0. The van der Waals surface area contributed by atoms with Crippen LogP contribution in [-0.2, 0) is 10.2 Å². The monoisotopic (exact) mass is 406 g/mol. The lowest BCUT2D eigenvalue weighted by molar-refractivity contribution is 0.181. The number of anilines is 1. The number of nitrogens with zero attached hydrogens (tertiary/aromatic N) is 4. The number of ether oxygens (including phenoxy) is 1. The first-order chi connectivity index (χ1) is 14.5. The molecule has 7 heteroatoms. The fraction of sp³-hybridized carbons (Fsp3) is 0.348. The molecule has 1 amide bonds. The maximum atomic E-state index is 13.5. The Balaban J connectivity index is 1.58. The lowest BCUT2D eigenvalue weighted by atomic mass is 9.94. The maximum absolute atomic E-state index is 13.5. The largest absolute Gasteiger partial charge is 0.447 e. The Hall–Kier alpha value is -3.22. The van der Waals surface area contributed by atoms with Crippen molar-refractivity contribution in [2.24, 2.45) is 0 Å². The zero-order valence-electron chi connectivity index (χ0n) is 17.0. The molecule has 0 radical (unpaired) electrons. The lowest BCUT2D eigenvalue weighted by Gasteiger charge is -2.21. The summed E-state index contributed by atoms with van der Waals surface area (Å²) in [5, 5.41) is 9.15. The number of halogens is 1. The Bertz CT molecular complexity index is 1100. The number of amides is 1. The first-order valence-corrected chi connectivity index (χ1v) is 10.3. The van der Waals surface area contributed by atoms with E-state index in [-0.39, 0.29) is 23.4 Å². The SMILES string of the molecule is CC(C)n1c(-c2cccc(N3CCOC3=O)c2)nnc1C1(c2ccc(F)cc2)CC1. The van der Waals surface area contributed by atoms with Crippen LogP contribution in [0.5, 0.6) is 0 Å². The summed E-state index contributed by atoms with van der Waals surface area (Å²) in [5.41, 5.74) is 2.53.